The standard InChI is InChI=1S/C12H15N3/c1-14-12(6-13)11-8-15-7-9-4-2-3-5-10(9)11/h2-5,7-8,12,14H,6,13H2,1H3. The van der Waals surface area contributed by atoms with Crippen LogP contribution in [0.4, 0.5) is 0 Å². The molecule has 3 nitrogen and oxygen atoms in total. The summed E-state index contributed by atoms with van der Waals surface area (Å²) in [4.78, 5) is 4.23. The van der Waals surface area contributed by atoms with Gasteiger partial charge in [-0.1, -0.05) is 24.3 Å². The Morgan fingerprint density at radius 3 is 2.87 bits per heavy atom. The predicted molar refractivity (Wildman–Crippen MR) is 62.6 cm³/mol. The Labute approximate surface area is 89.3 Å². The van der Waals surface area contributed by atoms with Crippen LogP contribution in [0.5, 0.6) is 0 Å². The number of fused-ring (bicyclic) bond motifs is 1. The second-order valence-electron chi connectivity index (χ2n) is 3.53. The van der Waals surface area contributed by atoms with Gasteiger partial charge in [-0.2, -0.15) is 0 Å². The van der Waals surface area contributed by atoms with Crippen LogP contribution >= 0.6 is 0 Å². The molecule has 15 heavy (non-hydrogen) atoms. The number of hydrogen-bond acceptors (Lipinski definition) is 3. The summed E-state index contributed by atoms with van der Waals surface area (Å²) < 4.78 is 0. The van der Waals surface area contributed by atoms with Crippen molar-refractivity contribution >= 4 is 10.8 Å². The van der Waals surface area contributed by atoms with Crippen LogP contribution in [-0.4, -0.2) is 18.6 Å². The number of nitrogens with zero attached hydrogens (tertiary/aromatic N) is 1. The van der Waals surface area contributed by atoms with Gasteiger partial charge in [0.05, 0.1) is 0 Å². The average molecular weight is 201 g/mol. The number of hydrogen-bond donors (Lipinski definition) is 2. The first-order chi connectivity index (χ1) is 7.36. The molecule has 2 rings (SSSR count). The quantitative estimate of drug-likeness (QED) is 0.790. The molecule has 0 aliphatic carbocycles. The number of likely N-dealkylation sites (N-methyl/N-ethyl adjacent to an activating group) is 1. The fourth-order valence-electron chi connectivity index (χ4n) is 1.82. The molecule has 1 heterocycles. The van der Waals surface area contributed by atoms with Gasteiger partial charge in [0, 0.05) is 30.4 Å². The van der Waals surface area contributed by atoms with Crippen molar-refractivity contribution in [2.75, 3.05) is 13.6 Å². The smallest absolute Gasteiger partial charge is 0.0463 e. The van der Waals surface area contributed by atoms with Crippen LogP contribution in [0.3, 0.4) is 0 Å². The Bertz CT molecular complexity index is 444. The first-order valence-electron chi connectivity index (χ1n) is 5.06. The summed E-state index contributed by atoms with van der Waals surface area (Å²) in [5, 5.41) is 5.57. The van der Waals surface area contributed by atoms with E-state index in [9.17, 15) is 0 Å². The lowest BCUT2D eigenvalue weighted by Crippen LogP contribution is -2.25. The van der Waals surface area contributed by atoms with Gasteiger partial charge in [0.15, 0.2) is 0 Å². The van der Waals surface area contributed by atoms with Gasteiger partial charge in [-0.25, -0.2) is 0 Å². The van der Waals surface area contributed by atoms with Gasteiger partial charge in [0.2, 0.25) is 0 Å². The number of pyridine rings is 1. The van der Waals surface area contributed by atoms with Crippen molar-refractivity contribution in [2.24, 2.45) is 5.73 Å². The molecule has 3 N–H and O–H groups in total. The number of nitrogens with two attached hydrogens (primary N) is 1. The van der Waals surface area contributed by atoms with E-state index in [0.717, 1.165) is 10.9 Å². The molecular weight excluding hydrogens is 186 g/mol. The molecule has 3 heteroatoms. The summed E-state index contributed by atoms with van der Waals surface area (Å²) in [7, 11) is 1.92. The highest BCUT2D eigenvalue weighted by Crippen LogP contribution is 2.21. The van der Waals surface area contributed by atoms with Crippen molar-refractivity contribution in [3.05, 3.63) is 42.2 Å². The molecule has 1 atom stereocenters. The number of nitrogens with one attached hydrogen (secondary N) is 1. The van der Waals surface area contributed by atoms with E-state index < -0.39 is 0 Å². The average Bonchev–Trinajstić information content (AvgIpc) is 2.31. The summed E-state index contributed by atoms with van der Waals surface area (Å²) in [5.41, 5.74) is 6.88. The van der Waals surface area contributed by atoms with Crippen LogP contribution < -0.4 is 11.1 Å². The van der Waals surface area contributed by atoms with Crippen LogP contribution in [-0.2, 0) is 0 Å². The number of benzene rings is 1. The third-order valence-corrected chi connectivity index (χ3v) is 2.66. The largest absolute Gasteiger partial charge is 0.329 e. The summed E-state index contributed by atoms with van der Waals surface area (Å²) in [6, 6.07) is 8.39. The molecular formula is C12H15N3. The first kappa shape index (κ1) is 10.1. The minimum atomic E-state index is 0.170. The maximum absolute atomic E-state index is 5.72. The van der Waals surface area contributed by atoms with Crippen LogP contribution in [0.1, 0.15) is 11.6 Å². The van der Waals surface area contributed by atoms with Crippen molar-refractivity contribution in [1.29, 1.82) is 0 Å². The first-order valence-corrected chi connectivity index (χ1v) is 5.06. The molecule has 0 amide bonds. The Balaban J connectivity index is 2.59. The summed E-state index contributed by atoms with van der Waals surface area (Å²) >= 11 is 0. The highest BCUT2D eigenvalue weighted by molar-refractivity contribution is 5.85. The highest BCUT2D eigenvalue weighted by Gasteiger charge is 2.10. The molecule has 0 bridgehead atoms. The third kappa shape index (κ3) is 1.84. The van der Waals surface area contributed by atoms with Crippen molar-refractivity contribution in [3.8, 4) is 0 Å². The Hall–Kier alpha value is -1.45. The van der Waals surface area contributed by atoms with E-state index in [4.69, 9.17) is 5.73 Å². The lowest BCUT2D eigenvalue weighted by atomic mass is 10.0. The van der Waals surface area contributed by atoms with Gasteiger partial charge in [0.25, 0.3) is 0 Å². The SMILES string of the molecule is CNC(CN)c1cncc2ccccc12. The zero-order chi connectivity index (χ0) is 10.7. The molecule has 0 radical (unpaired) electrons. The molecule has 0 saturated carbocycles. The van der Waals surface area contributed by atoms with Crippen LogP contribution in [0, 0.1) is 0 Å². The van der Waals surface area contributed by atoms with Gasteiger partial charge >= 0.3 is 0 Å². The molecule has 1 aromatic heterocycles. The minimum absolute atomic E-state index is 0.170. The topological polar surface area (TPSA) is 50.9 Å². The van der Waals surface area contributed by atoms with Crippen LogP contribution in [0.15, 0.2) is 36.7 Å². The molecule has 0 saturated heterocycles. The van der Waals surface area contributed by atoms with Crippen LogP contribution in [0.2, 0.25) is 0 Å². The number of rotatable bonds is 3. The van der Waals surface area contributed by atoms with Gasteiger partial charge in [-0.15, -0.1) is 0 Å². The van der Waals surface area contributed by atoms with E-state index in [0.29, 0.717) is 6.54 Å². The lowest BCUT2D eigenvalue weighted by Gasteiger charge is -2.15. The van der Waals surface area contributed by atoms with Gasteiger partial charge in [0.1, 0.15) is 0 Å². The zero-order valence-electron chi connectivity index (χ0n) is 8.77. The predicted octanol–water partition coefficient (Wildman–Crippen LogP) is 1.45. The van der Waals surface area contributed by atoms with Gasteiger partial charge in [-0.3, -0.25) is 4.98 Å². The van der Waals surface area contributed by atoms with E-state index in [1.807, 2.05) is 31.6 Å². The van der Waals surface area contributed by atoms with Crippen molar-refractivity contribution < 1.29 is 0 Å². The van der Waals surface area contributed by atoms with Crippen LogP contribution in [0.25, 0.3) is 10.8 Å². The molecule has 0 aliphatic heterocycles. The van der Waals surface area contributed by atoms with Gasteiger partial charge in [-0.05, 0) is 18.0 Å². The fourth-order valence-corrected chi connectivity index (χ4v) is 1.82. The van der Waals surface area contributed by atoms with E-state index in [1.165, 1.54) is 5.39 Å². The maximum Gasteiger partial charge on any atom is 0.0463 e. The third-order valence-electron chi connectivity index (χ3n) is 2.66. The molecule has 78 valence electrons. The Kier molecular flexibility index (Phi) is 2.94. The zero-order valence-corrected chi connectivity index (χ0v) is 8.77. The summed E-state index contributed by atoms with van der Waals surface area (Å²) in [6.07, 6.45) is 3.76. The summed E-state index contributed by atoms with van der Waals surface area (Å²) in [6.45, 7) is 0.576. The number of aromatic nitrogens is 1. The minimum Gasteiger partial charge on any atom is -0.329 e. The van der Waals surface area contributed by atoms with Gasteiger partial charge < -0.3 is 11.1 Å². The van der Waals surface area contributed by atoms with Crippen molar-refractivity contribution in [2.45, 2.75) is 6.04 Å². The second kappa shape index (κ2) is 4.38. The fraction of sp³-hybridized carbons (Fsp3) is 0.250. The highest BCUT2D eigenvalue weighted by atomic mass is 14.9. The van der Waals surface area contributed by atoms with E-state index in [-0.39, 0.29) is 6.04 Å². The second-order valence-corrected chi connectivity index (χ2v) is 3.53. The molecule has 1 unspecified atom stereocenters. The van der Waals surface area contributed by atoms with Crippen molar-refractivity contribution in [1.82, 2.24) is 10.3 Å². The molecule has 2 aromatic rings. The Morgan fingerprint density at radius 1 is 1.33 bits per heavy atom. The van der Waals surface area contributed by atoms with Crippen molar-refractivity contribution in [3.63, 3.8) is 0 Å². The Morgan fingerprint density at radius 2 is 2.13 bits per heavy atom. The molecule has 0 aliphatic rings. The summed E-state index contributed by atoms with van der Waals surface area (Å²) in [5.74, 6) is 0. The monoisotopic (exact) mass is 201 g/mol. The molecule has 0 spiro atoms. The normalized spacial score (nSPS) is 12.9. The molecule has 1 aromatic carbocycles. The van der Waals surface area contributed by atoms with E-state index in [1.54, 1.807) is 0 Å². The maximum atomic E-state index is 5.72. The molecule has 0 fully saturated rings. The van der Waals surface area contributed by atoms with E-state index in [2.05, 4.69) is 22.4 Å². The lowest BCUT2D eigenvalue weighted by molar-refractivity contribution is 0.608. The van der Waals surface area contributed by atoms with E-state index >= 15 is 0 Å².